The summed E-state index contributed by atoms with van der Waals surface area (Å²) in [4.78, 5) is 8.17. The van der Waals surface area contributed by atoms with E-state index in [0.29, 0.717) is 23.2 Å². The highest BCUT2D eigenvalue weighted by molar-refractivity contribution is 5.85. The van der Waals surface area contributed by atoms with Gasteiger partial charge in [-0.2, -0.15) is 0 Å². The standard InChI is InChI=1S/C12H13N3O/c1-7-2-3-8(4-7)9-5-16-11-10(9)14-6-15-12(11)13/h2-3,5-8H,4H2,1H3,(H2,13,14,15). The molecule has 16 heavy (non-hydrogen) atoms. The number of rotatable bonds is 1. The molecule has 0 radical (unpaired) electrons. The molecule has 4 heteroatoms. The first-order chi connectivity index (χ1) is 7.75. The van der Waals surface area contributed by atoms with Crippen molar-refractivity contribution >= 4 is 16.9 Å². The summed E-state index contributed by atoms with van der Waals surface area (Å²) < 4.78 is 5.44. The zero-order valence-electron chi connectivity index (χ0n) is 9.05. The quantitative estimate of drug-likeness (QED) is 0.742. The molecule has 0 aliphatic heterocycles. The van der Waals surface area contributed by atoms with Gasteiger partial charge in [0.25, 0.3) is 0 Å². The molecule has 4 nitrogen and oxygen atoms in total. The lowest BCUT2D eigenvalue weighted by Gasteiger charge is -2.06. The minimum Gasteiger partial charge on any atom is -0.458 e. The number of hydrogen-bond donors (Lipinski definition) is 1. The molecule has 2 aromatic rings. The SMILES string of the molecule is CC1C=CC(c2coc3c(N)ncnc23)C1. The number of hydrogen-bond acceptors (Lipinski definition) is 4. The van der Waals surface area contributed by atoms with Gasteiger partial charge in [-0.1, -0.05) is 19.1 Å². The maximum Gasteiger partial charge on any atom is 0.194 e. The second kappa shape index (κ2) is 3.33. The number of anilines is 1. The van der Waals surface area contributed by atoms with Crippen molar-refractivity contribution in [3.05, 3.63) is 30.3 Å². The highest BCUT2D eigenvalue weighted by Crippen LogP contribution is 2.36. The molecule has 2 atom stereocenters. The summed E-state index contributed by atoms with van der Waals surface area (Å²) in [5.41, 5.74) is 8.29. The van der Waals surface area contributed by atoms with Crippen LogP contribution in [0.15, 0.2) is 29.2 Å². The predicted octanol–water partition coefficient (Wildman–Crippen LogP) is 2.48. The molecule has 82 valence electrons. The maximum absolute atomic E-state index is 5.73. The molecule has 2 heterocycles. The molecule has 1 aliphatic rings. The molecule has 2 aromatic heterocycles. The topological polar surface area (TPSA) is 64.9 Å². The highest BCUT2D eigenvalue weighted by atomic mass is 16.3. The van der Waals surface area contributed by atoms with Crippen molar-refractivity contribution in [3.63, 3.8) is 0 Å². The first-order valence-corrected chi connectivity index (χ1v) is 5.41. The van der Waals surface area contributed by atoms with Crippen molar-refractivity contribution < 1.29 is 4.42 Å². The van der Waals surface area contributed by atoms with E-state index in [4.69, 9.17) is 10.2 Å². The zero-order chi connectivity index (χ0) is 11.1. The van der Waals surface area contributed by atoms with Crippen LogP contribution in [0.4, 0.5) is 5.82 Å². The van der Waals surface area contributed by atoms with Gasteiger partial charge in [0.05, 0.1) is 6.26 Å². The molecule has 0 fully saturated rings. The summed E-state index contributed by atoms with van der Waals surface area (Å²) in [6.07, 6.45) is 8.79. The van der Waals surface area contributed by atoms with Crippen LogP contribution in [0.3, 0.4) is 0 Å². The molecule has 0 aromatic carbocycles. The van der Waals surface area contributed by atoms with Crippen LogP contribution >= 0.6 is 0 Å². The first kappa shape index (κ1) is 9.39. The maximum atomic E-state index is 5.73. The van der Waals surface area contributed by atoms with Gasteiger partial charge in [0.1, 0.15) is 11.8 Å². The van der Waals surface area contributed by atoms with Crippen molar-refractivity contribution in [2.24, 2.45) is 5.92 Å². The van der Waals surface area contributed by atoms with E-state index in [9.17, 15) is 0 Å². The van der Waals surface area contributed by atoms with Crippen LogP contribution in [0.25, 0.3) is 11.1 Å². The van der Waals surface area contributed by atoms with Crippen LogP contribution in [0.1, 0.15) is 24.8 Å². The Morgan fingerprint density at radius 1 is 1.38 bits per heavy atom. The summed E-state index contributed by atoms with van der Waals surface area (Å²) in [5, 5.41) is 0. The smallest absolute Gasteiger partial charge is 0.194 e. The van der Waals surface area contributed by atoms with E-state index < -0.39 is 0 Å². The van der Waals surface area contributed by atoms with Crippen LogP contribution in [0.2, 0.25) is 0 Å². The molecule has 0 bridgehead atoms. The lowest BCUT2D eigenvalue weighted by Crippen LogP contribution is -1.95. The van der Waals surface area contributed by atoms with Crippen LogP contribution in [0.5, 0.6) is 0 Å². The Bertz CT molecular complexity index is 558. The number of nitrogens with zero attached hydrogens (tertiary/aromatic N) is 2. The van der Waals surface area contributed by atoms with E-state index >= 15 is 0 Å². The average molecular weight is 215 g/mol. The largest absolute Gasteiger partial charge is 0.458 e. The molecular formula is C12H13N3O. The summed E-state index contributed by atoms with van der Waals surface area (Å²) in [7, 11) is 0. The van der Waals surface area contributed by atoms with E-state index in [2.05, 4.69) is 29.0 Å². The fourth-order valence-electron chi connectivity index (χ4n) is 2.26. The van der Waals surface area contributed by atoms with Crippen LogP contribution in [-0.4, -0.2) is 9.97 Å². The number of fused-ring (bicyclic) bond motifs is 1. The van der Waals surface area contributed by atoms with E-state index in [-0.39, 0.29) is 0 Å². The number of nitrogen functional groups attached to an aromatic ring is 1. The first-order valence-electron chi connectivity index (χ1n) is 5.41. The lowest BCUT2D eigenvalue weighted by atomic mass is 9.98. The Morgan fingerprint density at radius 3 is 3.00 bits per heavy atom. The number of aromatic nitrogens is 2. The Labute approximate surface area is 93.2 Å². The van der Waals surface area contributed by atoms with Crippen LogP contribution in [0, 0.1) is 5.92 Å². The summed E-state index contributed by atoms with van der Waals surface area (Å²) in [6, 6.07) is 0. The van der Waals surface area contributed by atoms with Crippen LogP contribution < -0.4 is 5.73 Å². The van der Waals surface area contributed by atoms with Gasteiger partial charge in [-0.05, 0) is 12.3 Å². The summed E-state index contributed by atoms with van der Waals surface area (Å²) in [6.45, 7) is 2.21. The van der Waals surface area contributed by atoms with Crippen LogP contribution in [-0.2, 0) is 0 Å². The Morgan fingerprint density at radius 2 is 2.25 bits per heavy atom. The molecule has 1 aliphatic carbocycles. The highest BCUT2D eigenvalue weighted by Gasteiger charge is 2.22. The molecule has 0 saturated heterocycles. The number of nitrogens with two attached hydrogens (primary N) is 1. The van der Waals surface area contributed by atoms with Gasteiger partial charge in [-0.25, -0.2) is 9.97 Å². The third-order valence-corrected chi connectivity index (χ3v) is 3.11. The van der Waals surface area contributed by atoms with E-state index in [1.807, 2.05) is 0 Å². The molecule has 0 amide bonds. The molecule has 3 rings (SSSR count). The van der Waals surface area contributed by atoms with E-state index in [1.54, 1.807) is 6.26 Å². The minimum atomic E-state index is 0.394. The fourth-order valence-corrected chi connectivity index (χ4v) is 2.26. The monoisotopic (exact) mass is 215 g/mol. The van der Waals surface area contributed by atoms with Gasteiger partial charge >= 0.3 is 0 Å². The third-order valence-electron chi connectivity index (χ3n) is 3.11. The predicted molar refractivity (Wildman–Crippen MR) is 61.9 cm³/mol. The van der Waals surface area contributed by atoms with Crippen molar-refractivity contribution in [1.82, 2.24) is 9.97 Å². The van der Waals surface area contributed by atoms with E-state index in [1.165, 1.54) is 6.33 Å². The second-order valence-electron chi connectivity index (χ2n) is 4.33. The fraction of sp³-hybridized carbons (Fsp3) is 0.333. The molecule has 0 spiro atoms. The number of allylic oxidation sites excluding steroid dienone is 2. The van der Waals surface area contributed by atoms with Crippen molar-refractivity contribution in [3.8, 4) is 0 Å². The van der Waals surface area contributed by atoms with Crippen molar-refractivity contribution in [1.29, 1.82) is 0 Å². The lowest BCUT2D eigenvalue weighted by molar-refractivity contribution is 0.596. The Hall–Kier alpha value is -1.84. The molecular weight excluding hydrogens is 202 g/mol. The third kappa shape index (κ3) is 1.30. The zero-order valence-corrected chi connectivity index (χ0v) is 9.05. The summed E-state index contributed by atoms with van der Waals surface area (Å²) >= 11 is 0. The van der Waals surface area contributed by atoms with Gasteiger partial charge in [-0.15, -0.1) is 0 Å². The molecule has 2 unspecified atom stereocenters. The second-order valence-corrected chi connectivity index (χ2v) is 4.33. The Balaban J connectivity index is 2.12. The normalized spacial score (nSPS) is 24.3. The number of furan rings is 1. The van der Waals surface area contributed by atoms with Gasteiger partial charge < -0.3 is 10.2 Å². The van der Waals surface area contributed by atoms with Crippen molar-refractivity contribution in [2.75, 3.05) is 5.73 Å². The summed E-state index contributed by atoms with van der Waals surface area (Å²) in [5.74, 6) is 1.42. The molecule has 0 saturated carbocycles. The van der Waals surface area contributed by atoms with E-state index in [0.717, 1.165) is 17.5 Å². The Kier molecular flexibility index (Phi) is 1.96. The molecule has 2 N–H and O–H groups in total. The van der Waals surface area contributed by atoms with Gasteiger partial charge in [0.15, 0.2) is 11.4 Å². The average Bonchev–Trinajstić information content (AvgIpc) is 2.84. The van der Waals surface area contributed by atoms with Crippen molar-refractivity contribution in [2.45, 2.75) is 19.3 Å². The van der Waals surface area contributed by atoms with Gasteiger partial charge in [0.2, 0.25) is 0 Å². The minimum absolute atomic E-state index is 0.394. The van der Waals surface area contributed by atoms with Gasteiger partial charge in [0, 0.05) is 11.5 Å². The van der Waals surface area contributed by atoms with Gasteiger partial charge in [-0.3, -0.25) is 0 Å².